The minimum Gasteiger partial charge on any atom is -0.357 e. The third-order valence-electron chi connectivity index (χ3n) is 3.55. The van der Waals surface area contributed by atoms with Crippen LogP contribution in [0, 0.1) is 0 Å². The molecule has 1 heterocycles. The molecule has 10 heteroatoms. The molecule has 1 rings (SSSR count). The lowest BCUT2D eigenvalue weighted by molar-refractivity contribution is 0.473. The molecule has 26 heavy (non-hydrogen) atoms. The topological polar surface area (TPSA) is 91.6 Å². The summed E-state index contributed by atoms with van der Waals surface area (Å²) >= 11 is 0. The van der Waals surface area contributed by atoms with Crippen molar-refractivity contribution in [3.63, 3.8) is 0 Å². The summed E-state index contributed by atoms with van der Waals surface area (Å²) in [4.78, 5) is 6.65. The Kier molecular flexibility index (Phi) is 11.4. The second-order valence-corrected chi connectivity index (χ2v) is 8.31. The van der Waals surface area contributed by atoms with Crippen LogP contribution in [0.4, 0.5) is 0 Å². The normalized spacial score (nSPS) is 12.2. The molecule has 152 valence electrons. The van der Waals surface area contributed by atoms with E-state index in [0.29, 0.717) is 25.4 Å². The van der Waals surface area contributed by atoms with Crippen molar-refractivity contribution in [1.82, 2.24) is 24.7 Å². The fraction of sp³-hybridized carbons (Fsp3) is 0.750. The van der Waals surface area contributed by atoms with E-state index in [0.717, 1.165) is 31.0 Å². The second kappa shape index (κ2) is 11.8. The molecule has 0 aliphatic rings. The molecule has 1 aromatic rings. The quantitative estimate of drug-likeness (QED) is 0.232. The predicted octanol–water partition coefficient (Wildman–Crippen LogP) is 1.50. The highest BCUT2D eigenvalue weighted by Crippen LogP contribution is 2.18. The Balaban J connectivity index is 0.00000625. The molecule has 8 nitrogen and oxygen atoms in total. The summed E-state index contributed by atoms with van der Waals surface area (Å²) in [6, 6.07) is 0. The summed E-state index contributed by atoms with van der Waals surface area (Å²) in [6.07, 6.45) is 3.86. The first-order valence-electron chi connectivity index (χ1n) is 8.60. The Morgan fingerprint density at radius 2 is 2.08 bits per heavy atom. The van der Waals surface area contributed by atoms with Crippen LogP contribution in [0.3, 0.4) is 0 Å². The van der Waals surface area contributed by atoms with E-state index in [-0.39, 0.29) is 24.0 Å². The average Bonchev–Trinajstić information content (AvgIpc) is 2.85. The van der Waals surface area contributed by atoms with Gasteiger partial charge in [0.1, 0.15) is 0 Å². The second-order valence-electron chi connectivity index (χ2n) is 6.48. The molecule has 0 aliphatic heterocycles. The van der Waals surface area contributed by atoms with E-state index in [9.17, 15) is 8.42 Å². The Hall–Kier alpha value is -0.880. The van der Waals surface area contributed by atoms with E-state index in [1.165, 1.54) is 5.56 Å². The molecular weight excluding hydrogens is 467 g/mol. The van der Waals surface area contributed by atoms with Gasteiger partial charge in [-0.1, -0.05) is 13.8 Å². The van der Waals surface area contributed by atoms with E-state index >= 15 is 0 Å². The lowest BCUT2D eigenvalue weighted by Gasteiger charge is -2.22. The van der Waals surface area contributed by atoms with Gasteiger partial charge in [-0.15, -0.1) is 24.0 Å². The number of nitrogens with one attached hydrogen (secondary N) is 2. The molecule has 0 unspecified atom stereocenters. The van der Waals surface area contributed by atoms with Crippen molar-refractivity contribution in [2.75, 3.05) is 32.9 Å². The van der Waals surface area contributed by atoms with E-state index in [1.807, 2.05) is 31.9 Å². The van der Waals surface area contributed by atoms with Crippen LogP contribution < -0.4 is 10.0 Å². The standard InChI is InChI=1S/C16H32N6O2S.HI/c1-7-17-16(18-9-8-10-19-25(6,23)24)21(4)11-14-12-22(5)20-15(14)13(2)3;/h12-13,19H,7-11H2,1-6H3,(H,17,18);1H. The molecule has 0 spiro atoms. The SMILES string of the molecule is CCNC(=NCCCNS(C)(=O)=O)N(C)Cc1cn(C)nc1C(C)C.I. The summed E-state index contributed by atoms with van der Waals surface area (Å²) in [5, 5.41) is 7.82. The van der Waals surface area contributed by atoms with Gasteiger partial charge in [0.25, 0.3) is 0 Å². The number of hydrogen-bond acceptors (Lipinski definition) is 4. The van der Waals surface area contributed by atoms with Crippen molar-refractivity contribution in [3.05, 3.63) is 17.5 Å². The van der Waals surface area contributed by atoms with Crippen LogP contribution in [-0.4, -0.2) is 62.0 Å². The number of guanidine groups is 1. The van der Waals surface area contributed by atoms with Crippen molar-refractivity contribution < 1.29 is 8.42 Å². The molecule has 0 saturated carbocycles. The van der Waals surface area contributed by atoms with Crippen LogP contribution in [0.5, 0.6) is 0 Å². The Bertz CT molecular complexity index is 672. The van der Waals surface area contributed by atoms with Crippen LogP contribution in [0.25, 0.3) is 0 Å². The van der Waals surface area contributed by atoms with Crippen LogP contribution >= 0.6 is 24.0 Å². The number of rotatable bonds is 9. The fourth-order valence-electron chi connectivity index (χ4n) is 2.48. The first kappa shape index (κ1) is 25.1. The molecule has 0 saturated heterocycles. The number of sulfonamides is 1. The van der Waals surface area contributed by atoms with Gasteiger partial charge in [-0.25, -0.2) is 13.1 Å². The molecule has 0 aliphatic carbocycles. The zero-order valence-electron chi connectivity index (χ0n) is 16.6. The molecule has 0 bridgehead atoms. The zero-order chi connectivity index (χ0) is 19.0. The molecule has 0 fully saturated rings. The maximum atomic E-state index is 11.1. The van der Waals surface area contributed by atoms with Crippen molar-refractivity contribution in [2.24, 2.45) is 12.0 Å². The summed E-state index contributed by atoms with van der Waals surface area (Å²) in [7, 11) is 0.791. The average molecular weight is 500 g/mol. The van der Waals surface area contributed by atoms with Gasteiger partial charge in [-0.2, -0.15) is 5.10 Å². The van der Waals surface area contributed by atoms with Gasteiger partial charge in [0, 0.05) is 52.0 Å². The number of aryl methyl sites for hydroxylation is 1. The van der Waals surface area contributed by atoms with Crippen molar-refractivity contribution in [3.8, 4) is 0 Å². The Morgan fingerprint density at radius 3 is 2.62 bits per heavy atom. The first-order valence-corrected chi connectivity index (χ1v) is 10.5. The highest BCUT2D eigenvalue weighted by molar-refractivity contribution is 14.0. The van der Waals surface area contributed by atoms with Gasteiger partial charge in [0.05, 0.1) is 11.9 Å². The number of halogens is 1. The summed E-state index contributed by atoms with van der Waals surface area (Å²) in [6.45, 7) is 8.74. The molecule has 0 aromatic carbocycles. The molecule has 0 radical (unpaired) electrons. The van der Waals surface area contributed by atoms with Crippen LogP contribution in [0.1, 0.15) is 44.4 Å². The molecular formula is C16H33IN6O2S. The number of aliphatic imine (C=N–C) groups is 1. The van der Waals surface area contributed by atoms with Crippen LogP contribution in [0.2, 0.25) is 0 Å². The third kappa shape index (κ3) is 9.17. The summed E-state index contributed by atoms with van der Waals surface area (Å²) < 4.78 is 26.4. The summed E-state index contributed by atoms with van der Waals surface area (Å²) in [5.41, 5.74) is 2.28. The van der Waals surface area contributed by atoms with Gasteiger partial charge in [0.15, 0.2) is 5.96 Å². The highest BCUT2D eigenvalue weighted by Gasteiger charge is 2.15. The maximum absolute atomic E-state index is 11.1. The van der Waals surface area contributed by atoms with Gasteiger partial charge in [-0.3, -0.25) is 9.67 Å². The lowest BCUT2D eigenvalue weighted by atomic mass is 10.1. The van der Waals surface area contributed by atoms with Gasteiger partial charge in [-0.05, 0) is 19.3 Å². The molecule has 0 amide bonds. The third-order valence-corrected chi connectivity index (χ3v) is 4.28. The smallest absolute Gasteiger partial charge is 0.208 e. The summed E-state index contributed by atoms with van der Waals surface area (Å²) in [5.74, 6) is 1.17. The minimum absolute atomic E-state index is 0. The van der Waals surface area contributed by atoms with Crippen molar-refractivity contribution >= 4 is 40.0 Å². The largest absolute Gasteiger partial charge is 0.357 e. The first-order chi connectivity index (χ1) is 11.6. The highest BCUT2D eigenvalue weighted by atomic mass is 127. The van der Waals surface area contributed by atoms with E-state index in [1.54, 1.807) is 0 Å². The molecule has 1 aromatic heterocycles. The fourth-order valence-corrected chi connectivity index (χ4v) is 3.00. The van der Waals surface area contributed by atoms with Gasteiger partial charge < -0.3 is 10.2 Å². The predicted molar refractivity (Wildman–Crippen MR) is 118 cm³/mol. The number of nitrogens with zero attached hydrogens (tertiary/aromatic N) is 4. The lowest BCUT2D eigenvalue weighted by Crippen LogP contribution is -2.38. The van der Waals surface area contributed by atoms with Crippen molar-refractivity contribution in [1.29, 1.82) is 0 Å². The maximum Gasteiger partial charge on any atom is 0.208 e. The zero-order valence-corrected chi connectivity index (χ0v) is 19.8. The van der Waals surface area contributed by atoms with Gasteiger partial charge in [0.2, 0.25) is 10.0 Å². The monoisotopic (exact) mass is 500 g/mol. The van der Waals surface area contributed by atoms with E-state index in [2.05, 4.69) is 38.9 Å². The molecule has 2 N–H and O–H groups in total. The van der Waals surface area contributed by atoms with Gasteiger partial charge >= 0.3 is 0 Å². The number of aromatic nitrogens is 2. The van der Waals surface area contributed by atoms with Crippen LogP contribution in [0.15, 0.2) is 11.2 Å². The molecule has 0 atom stereocenters. The Labute approximate surface area is 174 Å². The number of hydrogen-bond donors (Lipinski definition) is 2. The Morgan fingerprint density at radius 1 is 1.42 bits per heavy atom. The van der Waals surface area contributed by atoms with E-state index in [4.69, 9.17) is 0 Å². The minimum atomic E-state index is -3.14. The van der Waals surface area contributed by atoms with E-state index < -0.39 is 10.0 Å². The van der Waals surface area contributed by atoms with Crippen LogP contribution in [-0.2, 0) is 23.6 Å². The van der Waals surface area contributed by atoms with Crippen molar-refractivity contribution in [2.45, 2.75) is 39.7 Å².